The minimum Gasteiger partial charge on any atom is -0.326 e. The standard InChI is InChI=1S/C12H17N5O7S/c1-6(18)15-5-9(15)11(19)14-10(13)8-3-2-7-4-16(8)12(20)17(7)24-25(21,22)23/h7-9H,2-5H2,1H3,(H2,13,14,19)(H,21,22,23)/t7-,8+,9?,15?/m1/s1. The summed E-state index contributed by atoms with van der Waals surface area (Å²) in [6.45, 7) is 1.74. The van der Waals surface area contributed by atoms with E-state index < -0.39 is 40.5 Å². The number of rotatable bonds is 4. The van der Waals surface area contributed by atoms with Crippen molar-refractivity contribution in [2.75, 3.05) is 13.1 Å². The minimum absolute atomic E-state index is 0.111. The van der Waals surface area contributed by atoms with E-state index in [4.69, 9.17) is 9.96 Å². The van der Waals surface area contributed by atoms with E-state index in [1.54, 1.807) is 0 Å². The lowest BCUT2D eigenvalue weighted by molar-refractivity contribution is -0.127. The molecule has 0 aliphatic carbocycles. The van der Waals surface area contributed by atoms with E-state index in [1.807, 2.05) is 0 Å². The van der Waals surface area contributed by atoms with Gasteiger partial charge >= 0.3 is 16.4 Å². The molecule has 0 aromatic heterocycles. The monoisotopic (exact) mass is 375 g/mol. The molecule has 0 aromatic rings. The lowest BCUT2D eigenvalue weighted by Gasteiger charge is -2.30. The van der Waals surface area contributed by atoms with Gasteiger partial charge in [-0.15, -0.1) is 4.28 Å². The maximum Gasteiger partial charge on any atom is 0.418 e. The molecular weight excluding hydrogens is 358 g/mol. The number of nitrogens with zero attached hydrogens (tertiary/aromatic N) is 3. The maximum absolute atomic E-state index is 12.2. The Hall–Kier alpha value is -2.25. The zero-order chi connectivity index (χ0) is 18.5. The van der Waals surface area contributed by atoms with E-state index in [1.165, 1.54) is 16.7 Å². The number of nitrogens with one attached hydrogen (secondary N) is 2. The third-order valence-electron chi connectivity index (χ3n) is 4.41. The molecule has 3 N–H and O–H groups in total. The van der Waals surface area contributed by atoms with Gasteiger partial charge in [-0.05, 0) is 12.8 Å². The first-order chi connectivity index (χ1) is 11.6. The molecule has 1 unspecified atom stereocenters. The van der Waals surface area contributed by atoms with Gasteiger partial charge in [-0.1, -0.05) is 0 Å². The van der Waals surface area contributed by atoms with Crippen LogP contribution in [0.1, 0.15) is 19.8 Å². The van der Waals surface area contributed by atoms with E-state index in [2.05, 4.69) is 9.60 Å². The summed E-state index contributed by atoms with van der Waals surface area (Å²) < 4.78 is 34.7. The summed E-state index contributed by atoms with van der Waals surface area (Å²) in [5.41, 5.74) is 0. The van der Waals surface area contributed by atoms with Crippen molar-refractivity contribution in [3.8, 4) is 0 Å². The Morgan fingerprint density at radius 3 is 2.52 bits per heavy atom. The van der Waals surface area contributed by atoms with E-state index in [9.17, 15) is 22.8 Å². The molecule has 0 saturated carbocycles. The van der Waals surface area contributed by atoms with Crippen LogP contribution in [-0.4, -0.2) is 82.7 Å². The maximum atomic E-state index is 12.2. The highest BCUT2D eigenvalue weighted by Crippen LogP contribution is 2.31. The average Bonchev–Trinajstić information content (AvgIpc) is 3.27. The molecule has 3 aliphatic rings. The zero-order valence-corrected chi connectivity index (χ0v) is 14.0. The number of amides is 4. The van der Waals surface area contributed by atoms with Crippen molar-refractivity contribution < 1.29 is 31.6 Å². The van der Waals surface area contributed by atoms with Crippen LogP contribution in [0, 0.1) is 5.41 Å². The van der Waals surface area contributed by atoms with Crippen molar-refractivity contribution in [3.63, 3.8) is 0 Å². The minimum atomic E-state index is -4.84. The average molecular weight is 375 g/mol. The highest BCUT2D eigenvalue weighted by atomic mass is 32.3. The number of amidine groups is 1. The number of carbonyl (C=O) groups excluding carboxylic acids is 3. The Morgan fingerprint density at radius 2 is 1.96 bits per heavy atom. The zero-order valence-electron chi connectivity index (χ0n) is 13.2. The molecule has 3 saturated heterocycles. The molecule has 0 aromatic carbocycles. The molecule has 3 atom stereocenters. The van der Waals surface area contributed by atoms with Crippen LogP contribution in [0.4, 0.5) is 4.79 Å². The van der Waals surface area contributed by atoms with Gasteiger partial charge in [0.25, 0.3) is 0 Å². The number of hydrogen-bond acceptors (Lipinski definition) is 7. The first-order valence-electron chi connectivity index (χ1n) is 7.52. The van der Waals surface area contributed by atoms with Gasteiger partial charge < -0.3 is 15.1 Å². The van der Waals surface area contributed by atoms with Crippen LogP contribution >= 0.6 is 0 Å². The number of carbonyl (C=O) groups is 3. The summed E-state index contributed by atoms with van der Waals surface area (Å²) in [6, 6.07) is -2.72. The summed E-state index contributed by atoms with van der Waals surface area (Å²) in [5, 5.41) is 11.0. The molecule has 0 spiro atoms. The fraction of sp³-hybridized carbons (Fsp3) is 0.667. The van der Waals surface area contributed by atoms with Crippen LogP contribution in [0.2, 0.25) is 0 Å². The lowest BCUT2D eigenvalue weighted by Crippen LogP contribution is -2.51. The fourth-order valence-electron chi connectivity index (χ4n) is 3.14. The second-order valence-corrected chi connectivity index (χ2v) is 7.10. The third-order valence-corrected chi connectivity index (χ3v) is 4.76. The normalized spacial score (nSPS) is 28.2. The van der Waals surface area contributed by atoms with Crippen molar-refractivity contribution >= 4 is 34.1 Å². The van der Waals surface area contributed by atoms with Gasteiger partial charge in [0, 0.05) is 13.5 Å². The molecule has 2 bridgehead atoms. The number of hydrogen-bond donors (Lipinski definition) is 3. The van der Waals surface area contributed by atoms with E-state index in [0.29, 0.717) is 24.4 Å². The molecule has 138 valence electrons. The van der Waals surface area contributed by atoms with Crippen LogP contribution in [0.3, 0.4) is 0 Å². The van der Waals surface area contributed by atoms with Crippen molar-refractivity contribution in [2.24, 2.45) is 0 Å². The largest absolute Gasteiger partial charge is 0.418 e. The number of hydroxylamine groups is 2. The molecule has 12 nitrogen and oxygen atoms in total. The van der Waals surface area contributed by atoms with Crippen LogP contribution in [0.15, 0.2) is 0 Å². The molecular formula is C12H17N5O7S. The quantitative estimate of drug-likeness (QED) is 0.229. The van der Waals surface area contributed by atoms with E-state index in [-0.39, 0.29) is 18.3 Å². The predicted molar refractivity (Wildman–Crippen MR) is 80.4 cm³/mol. The molecule has 3 heterocycles. The van der Waals surface area contributed by atoms with E-state index >= 15 is 0 Å². The summed E-state index contributed by atoms with van der Waals surface area (Å²) in [4.78, 5) is 38.0. The topological polar surface area (TPSA) is 160 Å². The van der Waals surface area contributed by atoms with Crippen LogP contribution < -0.4 is 5.32 Å². The Morgan fingerprint density at radius 1 is 1.28 bits per heavy atom. The van der Waals surface area contributed by atoms with Crippen molar-refractivity contribution in [1.29, 1.82) is 5.41 Å². The van der Waals surface area contributed by atoms with Crippen molar-refractivity contribution in [3.05, 3.63) is 0 Å². The molecule has 25 heavy (non-hydrogen) atoms. The van der Waals surface area contributed by atoms with Gasteiger partial charge in [0.15, 0.2) is 0 Å². The van der Waals surface area contributed by atoms with Crippen LogP contribution in [-0.2, 0) is 24.3 Å². The van der Waals surface area contributed by atoms with Crippen molar-refractivity contribution in [1.82, 2.24) is 20.2 Å². The Balaban J connectivity index is 1.63. The number of urea groups is 1. The smallest absolute Gasteiger partial charge is 0.326 e. The van der Waals surface area contributed by atoms with Gasteiger partial charge in [-0.2, -0.15) is 13.5 Å². The van der Waals surface area contributed by atoms with Gasteiger partial charge in [0.05, 0.1) is 18.6 Å². The van der Waals surface area contributed by atoms with Gasteiger partial charge in [-0.3, -0.25) is 19.6 Å². The molecule has 4 amide bonds. The SMILES string of the molecule is CC(=O)N1CC1C(=O)NC(=N)[C@@H]1CC[C@@H]2CN1C(=O)N2OS(=O)(=O)O. The van der Waals surface area contributed by atoms with Gasteiger partial charge in [-0.25, -0.2) is 4.79 Å². The highest BCUT2D eigenvalue weighted by molar-refractivity contribution is 7.80. The summed E-state index contributed by atoms with van der Waals surface area (Å²) in [6.07, 6.45) is 0.658. The molecule has 3 rings (SSSR count). The third kappa shape index (κ3) is 3.43. The van der Waals surface area contributed by atoms with Gasteiger partial charge in [0.1, 0.15) is 11.9 Å². The predicted octanol–water partition coefficient (Wildman–Crippen LogP) is -1.69. The Kier molecular flexibility index (Phi) is 4.17. The molecule has 13 heteroatoms. The summed E-state index contributed by atoms with van der Waals surface area (Å²) >= 11 is 0. The van der Waals surface area contributed by atoms with Crippen LogP contribution in [0.25, 0.3) is 0 Å². The molecule has 3 fully saturated rings. The van der Waals surface area contributed by atoms with E-state index in [0.717, 1.165) is 0 Å². The Labute approximate surface area is 143 Å². The van der Waals surface area contributed by atoms with Gasteiger partial charge in [0.2, 0.25) is 11.8 Å². The lowest BCUT2D eigenvalue weighted by atomic mass is 10.00. The molecule has 0 radical (unpaired) electrons. The molecule has 3 aliphatic heterocycles. The van der Waals surface area contributed by atoms with Crippen LogP contribution in [0.5, 0.6) is 0 Å². The highest BCUT2D eigenvalue weighted by Gasteiger charge is 2.49. The second kappa shape index (κ2) is 5.93. The number of piperidine rings is 1. The first kappa shape index (κ1) is 17.6. The fourth-order valence-corrected chi connectivity index (χ4v) is 3.53. The Bertz CT molecular complexity index is 753. The second-order valence-electron chi connectivity index (χ2n) is 6.10. The summed E-state index contributed by atoms with van der Waals surface area (Å²) in [7, 11) is -4.84. The number of fused-ring (bicyclic) bond motifs is 2. The summed E-state index contributed by atoms with van der Waals surface area (Å²) in [5.74, 6) is -0.944. The van der Waals surface area contributed by atoms with Crippen molar-refractivity contribution in [2.45, 2.75) is 37.9 Å². The first-order valence-corrected chi connectivity index (χ1v) is 8.88.